The van der Waals surface area contributed by atoms with Crippen LogP contribution in [-0.4, -0.2) is 57.2 Å². The fraction of sp³-hybridized carbons (Fsp3) is 0.417. The highest BCUT2D eigenvalue weighted by Crippen LogP contribution is 2.38. The normalized spacial score (nSPS) is 14.3. The summed E-state index contributed by atoms with van der Waals surface area (Å²) in [5, 5.41) is 15.2. The number of aromatic nitrogens is 3. The van der Waals surface area contributed by atoms with Gasteiger partial charge >= 0.3 is 12.1 Å². The first-order valence-electron chi connectivity index (χ1n) is 11.6. The van der Waals surface area contributed by atoms with Crippen LogP contribution in [0.15, 0.2) is 30.5 Å². The summed E-state index contributed by atoms with van der Waals surface area (Å²) in [6.45, 7) is 4.95. The van der Waals surface area contributed by atoms with Crippen molar-refractivity contribution in [3.63, 3.8) is 0 Å². The van der Waals surface area contributed by atoms with Gasteiger partial charge in [-0.05, 0) is 44.9 Å². The smallest absolute Gasteiger partial charge is 0.489 e. The van der Waals surface area contributed by atoms with E-state index in [4.69, 9.17) is 31.0 Å². The van der Waals surface area contributed by atoms with Gasteiger partial charge in [0.1, 0.15) is 22.1 Å². The molecule has 2 N–H and O–H groups in total. The fourth-order valence-corrected chi connectivity index (χ4v) is 3.90. The third-order valence-electron chi connectivity index (χ3n) is 5.35. The van der Waals surface area contributed by atoms with Gasteiger partial charge in [-0.25, -0.2) is 18.6 Å². The molecule has 9 nitrogen and oxygen atoms in total. The molecule has 0 spiro atoms. The summed E-state index contributed by atoms with van der Waals surface area (Å²) in [5.41, 5.74) is 0.280. The Labute approximate surface area is 223 Å². The number of amides is 1. The van der Waals surface area contributed by atoms with E-state index in [0.717, 1.165) is 12.8 Å². The van der Waals surface area contributed by atoms with Crippen LogP contribution in [-0.2, 0) is 9.53 Å². The zero-order chi connectivity index (χ0) is 28.9. The van der Waals surface area contributed by atoms with E-state index in [-0.39, 0.29) is 34.3 Å². The number of ether oxygens (including phenoxy) is 2. The van der Waals surface area contributed by atoms with Crippen LogP contribution in [0.5, 0.6) is 5.75 Å². The highest BCUT2D eigenvalue weighted by molar-refractivity contribution is 6.37. The van der Waals surface area contributed by atoms with Gasteiger partial charge in [-0.3, -0.25) is 9.48 Å². The molecule has 2 aromatic heterocycles. The third-order valence-corrected chi connectivity index (χ3v) is 5.70. The molecule has 0 unspecified atom stereocenters. The molecule has 3 aromatic rings. The largest absolute Gasteiger partial charge is 0.490 e. The molecule has 1 aliphatic heterocycles. The Kier molecular flexibility index (Phi) is 9.67. The average Bonchev–Trinajstić information content (AvgIpc) is 3.30. The number of carbonyl (C=O) groups is 2. The standard InChI is InChI=1S/C22H23ClF2N4O3.C2HF3O2/c1-12(2)32-20-15(22(30)27-17-5-3-4-16(26-17)21(24)25)10-13-11-29(28-19(13)18(20)23)14-6-8-31-9-7-14;3-2(4,5)1(6)7/h3-5,10-12,14,21H,6-9H2,1-2H3,(H,26,27,30);(H,6,7). The second-order valence-electron chi connectivity index (χ2n) is 8.63. The Bertz CT molecular complexity index is 1330. The van der Waals surface area contributed by atoms with E-state index in [9.17, 15) is 26.7 Å². The number of nitrogens with zero attached hydrogens (tertiary/aromatic N) is 3. The Morgan fingerprint density at radius 2 is 1.87 bits per heavy atom. The zero-order valence-electron chi connectivity index (χ0n) is 20.6. The third kappa shape index (κ3) is 7.76. The van der Waals surface area contributed by atoms with Crippen LogP contribution in [0, 0.1) is 0 Å². The molecule has 15 heteroatoms. The molecule has 39 heavy (non-hydrogen) atoms. The van der Waals surface area contributed by atoms with E-state index in [2.05, 4.69) is 15.4 Å². The van der Waals surface area contributed by atoms with Gasteiger partial charge in [-0.2, -0.15) is 18.3 Å². The number of hydrogen-bond donors (Lipinski definition) is 2. The number of halogens is 6. The molecule has 212 valence electrons. The van der Waals surface area contributed by atoms with Crippen LogP contribution in [0.4, 0.5) is 27.8 Å². The molecule has 1 saturated heterocycles. The Morgan fingerprint density at radius 3 is 2.44 bits per heavy atom. The quantitative estimate of drug-likeness (QED) is 0.342. The lowest BCUT2D eigenvalue weighted by Gasteiger charge is -2.22. The van der Waals surface area contributed by atoms with Gasteiger partial charge in [-0.15, -0.1) is 0 Å². The van der Waals surface area contributed by atoms with Crippen LogP contribution in [0.1, 0.15) is 55.2 Å². The second-order valence-corrected chi connectivity index (χ2v) is 9.01. The molecule has 3 heterocycles. The number of anilines is 1. The van der Waals surface area contributed by atoms with E-state index in [1.807, 2.05) is 24.7 Å². The first-order valence-corrected chi connectivity index (χ1v) is 12.0. The minimum absolute atomic E-state index is 0.0115. The number of carboxylic acid groups (broad SMARTS) is 1. The first-order chi connectivity index (χ1) is 18.3. The molecule has 1 aromatic carbocycles. The van der Waals surface area contributed by atoms with Crippen LogP contribution in [0.2, 0.25) is 5.02 Å². The molecule has 1 aliphatic rings. The number of carboxylic acids is 1. The van der Waals surface area contributed by atoms with Crippen molar-refractivity contribution >= 4 is 40.2 Å². The average molecular weight is 579 g/mol. The maximum Gasteiger partial charge on any atom is 0.490 e. The maximum absolute atomic E-state index is 13.1. The number of carbonyl (C=O) groups excluding carboxylic acids is 1. The SMILES string of the molecule is CC(C)Oc1c(C(=O)Nc2cccc(C(F)F)n2)cc2cn(C3CCOCC3)nc2c1Cl.O=C(O)C(F)(F)F. The van der Waals surface area contributed by atoms with Gasteiger partial charge in [0.25, 0.3) is 12.3 Å². The number of hydrogen-bond acceptors (Lipinski definition) is 6. The van der Waals surface area contributed by atoms with Crippen molar-refractivity contribution in [1.29, 1.82) is 0 Å². The fourth-order valence-electron chi connectivity index (χ4n) is 3.61. The van der Waals surface area contributed by atoms with Gasteiger partial charge in [0.15, 0.2) is 5.75 Å². The van der Waals surface area contributed by atoms with Crippen molar-refractivity contribution in [3.8, 4) is 5.75 Å². The van der Waals surface area contributed by atoms with Crippen molar-refractivity contribution in [1.82, 2.24) is 14.8 Å². The Balaban J connectivity index is 0.000000532. The van der Waals surface area contributed by atoms with Crippen LogP contribution >= 0.6 is 11.6 Å². The van der Waals surface area contributed by atoms with Crippen LogP contribution in [0.25, 0.3) is 10.9 Å². The number of fused-ring (bicyclic) bond motifs is 1. The predicted molar refractivity (Wildman–Crippen MR) is 130 cm³/mol. The summed E-state index contributed by atoms with van der Waals surface area (Å²) < 4.78 is 70.8. The summed E-state index contributed by atoms with van der Waals surface area (Å²) in [6.07, 6.45) is -4.56. The predicted octanol–water partition coefficient (Wildman–Crippen LogP) is 6.05. The summed E-state index contributed by atoms with van der Waals surface area (Å²) in [4.78, 5) is 25.8. The molecule has 0 radical (unpaired) electrons. The van der Waals surface area contributed by atoms with Gasteiger partial charge < -0.3 is 19.9 Å². The van der Waals surface area contributed by atoms with Gasteiger partial charge in [0.05, 0.1) is 17.7 Å². The van der Waals surface area contributed by atoms with Crippen LogP contribution < -0.4 is 10.1 Å². The minimum Gasteiger partial charge on any atom is -0.489 e. The molecule has 1 amide bonds. The van der Waals surface area contributed by atoms with Gasteiger partial charge in [0, 0.05) is 24.8 Å². The van der Waals surface area contributed by atoms with E-state index < -0.39 is 30.2 Å². The number of aliphatic carboxylic acids is 1. The molecular formula is C24H24ClF5N4O5. The zero-order valence-corrected chi connectivity index (χ0v) is 21.4. The molecule has 0 atom stereocenters. The highest BCUT2D eigenvalue weighted by atomic mass is 35.5. The Hall–Kier alpha value is -3.52. The van der Waals surface area contributed by atoms with Gasteiger partial charge in [0.2, 0.25) is 0 Å². The second kappa shape index (κ2) is 12.6. The number of nitrogens with one attached hydrogen (secondary N) is 1. The molecule has 0 saturated carbocycles. The minimum atomic E-state index is -5.08. The Morgan fingerprint density at radius 1 is 1.23 bits per heavy atom. The summed E-state index contributed by atoms with van der Waals surface area (Å²) >= 11 is 6.64. The maximum atomic E-state index is 13.1. The van der Waals surface area contributed by atoms with Crippen molar-refractivity contribution in [2.45, 2.75) is 51.4 Å². The van der Waals surface area contributed by atoms with Crippen molar-refractivity contribution < 1.29 is 46.1 Å². The van der Waals surface area contributed by atoms with E-state index in [0.29, 0.717) is 24.1 Å². The summed E-state index contributed by atoms with van der Waals surface area (Å²) in [7, 11) is 0. The summed E-state index contributed by atoms with van der Waals surface area (Å²) in [5.74, 6) is -3.12. The van der Waals surface area contributed by atoms with Crippen LogP contribution in [0.3, 0.4) is 0 Å². The van der Waals surface area contributed by atoms with Gasteiger partial charge in [-0.1, -0.05) is 17.7 Å². The molecule has 1 fully saturated rings. The summed E-state index contributed by atoms with van der Waals surface area (Å²) in [6, 6.07) is 5.87. The van der Waals surface area contributed by atoms with E-state index in [1.165, 1.54) is 18.2 Å². The topological polar surface area (TPSA) is 116 Å². The lowest BCUT2D eigenvalue weighted by Crippen LogP contribution is -2.21. The number of rotatable bonds is 6. The highest BCUT2D eigenvalue weighted by Gasteiger charge is 2.38. The first kappa shape index (κ1) is 30.0. The van der Waals surface area contributed by atoms with Crippen molar-refractivity contribution in [3.05, 3.63) is 46.7 Å². The van der Waals surface area contributed by atoms with Crippen molar-refractivity contribution in [2.24, 2.45) is 0 Å². The van der Waals surface area contributed by atoms with E-state index in [1.54, 1.807) is 6.07 Å². The molecule has 0 bridgehead atoms. The molecule has 0 aliphatic carbocycles. The monoisotopic (exact) mass is 578 g/mol. The number of benzene rings is 1. The lowest BCUT2D eigenvalue weighted by molar-refractivity contribution is -0.192. The van der Waals surface area contributed by atoms with Crippen molar-refractivity contribution in [2.75, 3.05) is 18.5 Å². The van der Waals surface area contributed by atoms with E-state index >= 15 is 0 Å². The number of pyridine rings is 1. The number of alkyl halides is 5. The lowest BCUT2D eigenvalue weighted by atomic mass is 10.1. The molecule has 4 rings (SSSR count). The molecular weight excluding hydrogens is 555 g/mol.